The second-order valence-corrected chi connectivity index (χ2v) is 7.82. The Labute approximate surface area is 166 Å². The summed E-state index contributed by atoms with van der Waals surface area (Å²) in [5.74, 6) is 0.516. The lowest BCUT2D eigenvalue weighted by Gasteiger charge is -2.26. The predicted octanol–water partition coefficient (Wildman–Crippen LogP) is 4.11. The molecular formula is C23H28N4O. The van der Waals surface area contributed by atoms with Crippen molar-refractivity contribution in [3.8, 4) is 0 Å². The minimum atomic E-state index is -0.545. The molecule has 2 aromatic carbocycles. The zero-order chi connectivity index (χ0) is 19.3. The largest absolute Gasteiger partial charge is 0.363 e. The molecule has 0 spiro atoms. The van der Waals surface area contributed by atoms with Gasteiger partial charge in [-0.1, -0.05) is 74.6 Å². The van der Waals surface area contributed by atoms with E-state index in [9.17, 15) is 4.79 Å². The van der Waals surface area contributed by atoms with Crippen LogP contribution in [0.25, 0.3) is 0 Å². The van der Waals surface area contributed by atoms with E-state index in [1.165, 1.54) is 44.1 Å². The summed E-state index contributed by atoms with van der Waals surface area (Å²) in [4.78, 5) is 16.2. The summed E-state index contributed by atoms with van der Waals surface area (Å²) in [5, 5.41) is 1.93. The molecule has 4 rings (SSSR count). The fraction of sp³-hybridized carbons (Fsp3) is 0.391. The number of rotatable bonds is 6. The Hall–Kier alpha value is -2.82. The van der Waals surface area contributed by atoms with E-state index < -0.39 is 5.91 Å². The molecule has 2 aromatic rings. The van der Waals surface area contributed by atoms with Crippen LogP contribution in [0.15, 0.2) is 59.6 Å². The average Bonchev–Trinajstić information content (AvgIpc) is 3.20. The van der Waals surface area contributed by atoms with Crippen LogP contribution in [0.2, 0.25) is 0 Å². The molecule has 3 N–H and O–H groups in total. The number of anilines is 1. The summed E-state index contributed by atoms with van der Waals surface area (Å²) in [7, 11) is 0. The van der Waals surface area contributed by atoms with E-state index in [0.29, 0.717) is 0 Å². The molecule has 0 saturated heterocycles. The Morgan fingerprint density at radius 2 is 1.86 bits per heavy atom. The van der Waals surface area contributed by atoms with Gasteiger partial charge in [-0.3, -0.25) is 15.2 Å². The van der Waals surface area contributed by atoms with Crippen molar-refractivity contribution < 1.29 is 4.79 Å². The molecule has 1 aliphatic heterocycles. The first-order valence-corrected chi connectivity index (χ1v) is 10.3. The molecule has 0 aromatic heterocycles. The smallest absolute Gasteiger partial charge is 0.285 e. The lowest BCUT2D eigenvalue weighted by molar-refractivity contribution is -0.112. The first-order chi connectivity index (χ1) is 13.7. The number of carbonyl (C=O) groups is 1. The van der Waals surface area contributed by atoms with E-state index in [-0.39, 0.29) is 12.0 Å². The minimum Gasteiger partial charge on any atom is -0.363 e. The highest BCUT2D eigenvalue weighted by Crippen LogP contribution is 2.32. The van der Waals surface area contributed by atoms with Crippen LogP contribution in [-0.2, 0) is 11.2 Å². The molecule has 2 aliphatic rings. The lowest BCUT2D eigenvalue weighted by Crippen LogP contribution is -2.42. The van der Waals surface area contributed by atoms with Gasteiger partial charge in [-0.05, 0) is 42.0 Å². The molecule has 1 unspecified atom stereocenters. The van der Waals surface area contributed by atoms with E-state index in [4.69, 9.17) is 5.73 Å². The number of primary amides is 1. The molecular weight excluding hydrogens is 348 g/mol. The van der Waals surface area contributed by atoms with Crippen LogP contribution in [0.4, 0.5) is 5.69 Å². The Morgan fingerprint density at radius 3 is 2.61 bits per heavy atom. The van der Waals surface area contributed by atoms with Gasteiger partial charge in [0, 0.05) is 0 Å². The minimum absolute atomic E-state index is 0.196. The fourth-order valence-electron chi connectivity index (χ4n) is 4.27. The first kappa shape index (κ1) is 18.5. The molecule has 146 valence electrons. The molecule has 1 atom stereocenters. The highest BCUT2D eigenvalue weighted by molar-refractivity contribution is 6.38. The number of hydrogen-bond acceptors (Lipinski definition) is 4. The molecule has 1 fully saturated rings. The van der Waals surface area contributed by atoms with Gasteiger partial charge in [0.1, 0.15) is 0 Å². The standard InChI is InChI=1S/C23H28N4O/c24-21(28)22-25-23(19-11-5-2-6-12-19)27(26-22)20-13-7-10-18(16-20)15-14-17-8-3-1-4-9-17/h2,5-7,10-13,16-17,23H,1,3-4,8-9,14-15H2,(H2,24,28)(H,25,26). The number of nitrogens with zero attached hydrogens (tertiary/aromatic N) is 2. The number of aliphatic imine (C=N–C) groups is 1. The first-order valence-electron chi connectivity index (χ1n) is 10.3. The highest BCUT2D eigenvalue weighted by atomic mass is 16.1. The summed E-state index contributed by atoms with van der Waals surface area (Å²) in [6.07, 6.45) is 8.95. The zero-order valence-corrected chi connectivity index (χ0v) is 16.2. The van der Waals surface area contributed by atoms with E-state index in [1.807, 2.05) is 41.4 Å². The molecule has 1 aliphatic carbocycles. The van der Waals surface area contributed by atoms with Gasteiger partial charge in [-0.2, -0.15) is 0 Å². The summed E-state index contributed by atoms with van der Waals surface area (Å²) in [6, 6.07) is 18.5. The molecule has 1 amide bonds. The maximum atomic E-state index is 11.7. The Bertz CT molecular complexity index is 843. The normalized spacial score (nSPS) is 19.9. The van der Waals surface area contributed by atoms with Gasteiger partial charge >= 0.3 is 0 Å². The summed E-state index contributed by atoms with van der Waals surface area (Å²) < 4.78 is 0. The Morgan fingerprint density at radius 1 is 1.07 bits per heavy atom. The van der Waals surface area contributed by atoms with Gasteiger partial charge in [0.2, 0.25) is 5.84 Å². The fourth-order valence-corrected chi connectivity index (χ4v) is 4.27. The lowest BCUT2D eigenvalue weighted by atomic mass is 9.85. The van der Waals surface area contributed by atoms with Crippen molar-refractivity contribution in [1.82, 2.24) is 5.43 Å². The van der Waals surface area contributed by atoms with Crippen molar-refractivity contribution >= 4 is 17.4 Å². The second kappa shape index (κ2) is 8.46. The number of hydrazine groups is 1. The van der Waals surface area contributed by atoms with E-state index in [0.717, 1.165) is 23.6 Å². The number of benzene rings is 2. The van der Waals surface area contributed by atoms with Crippen molar-refractivity contribution in [2.75, 3.05) is 5.01 Å². The van der Waals surface area contributed by atoms with Gasteiger partial charge in [-0.25, -0.2) is 4.99 Å². The molecule has 5 heteroatoms. The number of carbonyl (C=O) groups excluding carboxylic acids is 1. The third kappa shape index (κ3) is 4.19. The number of hydrogen-bond donors (Lipinski definition) is 2. The van der Waals surface area contributed by atoms with Gasteiger partial charge in [0.15, 0.2) is 6.17 Å². The van der Waals surface area contributed by atoms with Crippen molar-refractivity contribution in [2.45, 2.75) is 51.1 Å². The quantitative estimate of drug-likeness (QED) is 0.797. The van der Waals surface area contributed by atoms with Crippen LogP contribution in [-0.4, -0.2) is 11.7 Å². The predicted molar refractivity (Wildman–Crippen MR) is 113 cm³/mol. The van der Waals surface area contributed by atoms with E-state index in [1.54, 1.807) is 0 Å². The monoisotopic (exact) mass is 376 g/mol. The number of amides is 1. The van der Waals surface area contributed by atoms with Crippen molar-refractivity contribution in [1.29, 1.82) is 0 Å². The summed E-state index contributed by atoms with van der Waals surface area (Å²) in [5.41, 5.74) is 11.9. The molecule has 28 heavy (non-hydrogen) atoms. The third-order valence-corrected chi connectivity index (χ3v) is 5.81. The van der Waals surface area contributed by atoms with Crippen LogP contribution in [0.3, 0.4) is 0 Å². The molecule has 5 nitrogen and oxygen atoms in total. The maximum absolute atomic E-state index is 11.7. The average molecular weight is 377 g/mol. The molecule has 1 heterocycles. The van der Waals surface area contributed by atoms with Crippen molar-refractivity contribution in [3.05, 3.63) is 65.7 Å². The molecule has 0 bridgehead atoms. The second-order valence-electron chi connectivity index (χ2n) is 7.82. The van der Waals surface area contributed by atoms with Crippen LogP contribution >= 0.6 is 0 Å². The summed E-state index contributed by atoms with van der Waals surface area (Å²) >= 11 is 0. The van der Waals surface area contributed by atoms with Gasteiger partial charge in [0.05, 0.1) is 5.69 Å². The third-order valence-electron chi connectivity index (χ3n) is 5.81. The maximum Gasteiger partial charge on any atom is 0.285 e. The topological polar surface area (TPSA) is 70.7 Å². The Kier molecular flexibility index (Phi) is 5.60. The van der Waals surface area contributed by atoms with Gasteiger partial charge in [-0.15, -0.1) is 0 Å². The van der Waals surface area contributed by atoms with Crippen LogP contribution in [0, 0.1) is 5.92 Å². The van der Waals surface area contributed by atoms with E-state index >= 15 is 0 Å². The number of nitrogens with two attached hydrogens (primary N) is 1. The molecule has 1 saturated carbocycles. The Balaban J connectivity index is 1.52. The number of nitrogens with one attached hydrogen (secondary N) is 1. The van der Waals surface area contributed by atoms with Gasteiger partial charge < -0.3 is 5.73 Å². The number of amidine groups is 1. The highest BCUT2D eigenvalue weighted by Gasteiger charge is 2.30. The van der Waals surface area contributed by atoms with Crippen LogP contribution in [0.5, 0.6) is 0 Å². The van der Waals surface area contributed by atoms with Crippen molar-refractivity contribution in [3.63, 3.8) is 0 Å². The molecule has 0 radical (unpaired) electrons. The van der Waals surface area contributed by atoms with Gasteiger partial charge in [0.25, 0.3) is 5.91 Å². The van der Waals surface area contributed by atoms with Crippen LogP contribution < -0.4 is 16.2 Å². The number of aryl methyl sites for hydroxylation is 1. The van der Waals surface area contributed by atoms with Crippen LogP contribution in [0.1, 0.15) is 55.8 Å². The zero-order valence-electron chi connectivity index (χ0n) is 16.2. The SMILES string of the molecule is NC(=O)C1=NC(c2ccccc2)N(c2cccc(CCC3CCCCC3)c2)N1. The summed E-state index contributed by atoms with van der Waals surface area (Å²) in [6.45, 7) is 0. The van der Waals surface area contributed by atoms with E-state index in [2.05, 4.69) is 28.6 Å². The van der Waals surface area contributed by atoms with Crippen molar-refractivity contribution in [2.24, 2.45) is 16.6 Å².